The first kappa shape index (κ1) is 20.6. The number of nitrogens with two attached hydrogens (primary N) is 1. The van der Waals surface area contributed by atoms with Gasteiger partial charge < -0.3 is 15.8 Å². The molecule has 0 bridgehead atoms. The highest BCUT2D eigenvalue weighted by atomic mass is 16.5. The Balaban J connectivity index is 1.34. The van der Waals surface area contributed by atoms with Crippen molar-refractivity contribution in [2.45, 2.75) is 31.9 Å². The molecule has 1 saturated heterocycles. The van der Waals surface area contributed by atoms with Gasteiger partial charge in [0.25, 0.3) is 0 Å². The minimum Gasteiger partial charge on any atom is -0.382 e. The predicted molar refractivity (Wildman–Crippen MR) is 132 cm³/mol. The zero-order valence-electron chi connectivity index (χ0n) is 18.7. The number of benzene rings is 1. The van der Waals surface area contributed by atoms with Crippen molar-refractivity contribution in [3.63, 3.8) is 0 Å². The Kier molecular flexibility index (Phi) is 5.31. The van der Waals surface area contributed by atoms with Crippen molar-refractivity contribution < 1.29 is 4.74 Å². The Hall–Kier alpha value is -3.98. The van der Waals surface area contributed by atoms with Gasteiger partial charge in [0.15, 0.2) is 12.0 Å². The van der Waals surface area contributed by atoms with Crippen LogP contribution in [0.25, 0.3) is 33.1 Å². The molecule has 172 valence electrons. The van der Waals surface area contributed by atoms with Crippen LogP contribution in [0.1, 0.15) is 31.2 Å². The zero-order chi connectivity index (χ0) is 22.9. The normalized spacial score (nSPS) is 16.3. The van der Waals surface area contributed by atoms with Gasteiger partial charge in [0.2, 0.25) is 0 Å². The van der Waals surface area contributed by atoms with Crippen LogP contribution in [0.5, 0.6) is 0 Å². The summed E-state index contributed by atoms with van der Waals surface area (Å²) in [4.78, 5) is 8.98. The first-order valence-electron chi connectivity index (χ1n) is 11.6. The SMILES string of the molecule is Nc1nc2cc(-c3ccnn3C3CCCCO3)ccc2c2c(CCNc3ccccn3)[nH]nc12. The van der Waals surface area contributed by atoms with Crippen LogP contribution in [0.3, 0.4) is 0 Å². The van der Waals surface area contributed by atoms with E-state index in [1.165, 1.54) is 0 Å². The number of H-pyrrole nitrogens is 1. The van der Waals surface area contributed by atoms with E-state index < -0.39 is 0 Å². The highest BCUT2D eigenvalue weighted by Crippen LogP contribution is 2.33. The number of hydrogen-bond donors (Lipinski definition) is 3. The van der Waals surface area contributed by atoms with Gasteiger partial charge in [-0.15, -0.1) is 0 Å². The summed E-state index contributed by atoms with van der Waals surface area (Å²) < 4.78 is 7.95. The average Bonchev–Trinajstić information content (AvgIpc) is 3.53. The minimum atomic E-state index is -0.0259. The van der Waals surface area contributed by atoms with E-state index in [0.29, 0.717) is 11.3 Å². The Morgan fingerprint density at radius 2 is 2.12 bits per heavy atom. The summed E-state index contributed by atoms with van der Waals surface area (Å²) in [6, 6.07) is 14.1. The predicted octanol–water partition coefficient (Wildman–Crippen LogP) is 4.31. The number of aromatic amines is 1. The molecule has 4 N–H and O–H groups in total. The largest absolute Gasteiger partial charge is 0.382 e. The molecule has 0 saturated carbocycles. The highest BCUT2D eigenvalue weighted by molar-refractivity contribution is 6.10. The molecule has 1 atom stereocenters. The van der Waals surface area contributed by atoms with Crippen molar-refractivity contribution in [2.24, 2.45) is 0 Å². The molecule has 1 aliphatic heterocycles. The molecule has 0 amide bonds. The van der Waals surface area contributed by atoms with Gasteiger partial charge in [-0.2, -0.15) is 10.2 Å². The molecule has 6 rings (SSSR count). The standard InChI is InChI=1S/C25H26N8O/c26-25-24-23(18(31-32-24)9-12-28-21-5-1-3-11-27-21)17-8-7-16(15-19(17)30-25)20-10-13-29-33(20)22-6-2-4-14-34-22/h1,3,5,7-8,10-11,13,15,22H,2,4,6,9,12,14H2,(H2,26,30)(H,27,28)(H,31,32). The van der Waals surface area contributed by atoms with Crippen molar-refractivity contribution in [3.05, 3.63) is 60.6 Å². The molecule has 1 unspecified atom stereocenters. The second-order valence-electron chi connectivity index (χ2n) is 8.53. The van der Waals surface area contributed by atoms with Crippen molar-refractivity contribution in [1.29, 1.82) is 0 Å². The van der Waals surface area contributed by atoms with Gasteiger partial charge in [-0.3, -0.25) is 5.10 Å². The number of aromatic nitrogens is 6. The molecule has 34 heavy (non-hydrogen) atoms. The molecule has 4 aromatic heterocycles. The second-order valence-corrected chi connectivity index (χ2v) is 8.53. The number of nitrogens with one attached hydrogen (secondary N) is 2. The molecule has 5 heterocycles. The van der Waals surface area contributed by atoms with Gasteiger partial charge in [0.05, 0.1) is 11.2 Å². The molecule has 0 aliphatic carbocycles. The molecule has 9 nitrogen and oxygen atoms in total. The summed E-state index contributed by atoms with van der Waals surface area (Å²) in [6.45, 7) is 1.49. The number of rotatable bonds is 6. The van der Waals surface area contributed by atoms with Crippen molar-refractivity contribution in [1.82, 2.24) is 29.9 Å². The summed E-state index contributed by atoms with van der Waals surface area (Å²) in [5.74, 6) is 1.27. The van der Waals surface area contributed by atoms with Crippen LogP contribution in [0.15, 0.2) is 54.9 Å². The van der Waals surface area contributed by atoms with Gasteiger partial charge >= 0.3 is 0 Å². The lowest BCUT2D eigenvalue weighted by molar-refractivity contribution is -0.0383. The van der Waals surface area contributed by atoms with Crippen LogP contribution in [0.4, 0.5) is 11.6 Å². The zero-order valence-corrected chi connectivity index (χ0v) is 18.7. The summed E-state index contributed by atoms with van der Waals surface area (Å²) in [6.07, 6.45) is 7.55. The van der Waals surface area contributed by atoms with E-state index in [4.69, 9.17) is 10.5 Å². The van der Waals surface area contributed by atoms with E-state index >= 15 is 0 Å². The van der Waals surface area contributed by atoms with E-state index in [-0.39, 0.29) is 6.23 Å². The van der Waals surface area contributed by atoms with Gasteiger partial charge in [0, 0.05) is 54.0 Å². The van der Waals surface area contributed by atoms with E-state index in [9.17, 15) is 0 Å². The van der Waals surface area contributed by atoms with Crippen LogP contribution in [0, 0.1) is 0 Å². The summed E-state index contributed by atoms with van der Waals surface area (Å²) in [5.41, 5.74) is 10.9. The van der Waals surface area contributed by atoms with E-state index in [1.54, 1.807) is 6.20 Å². The minimum absolute atomic E-state index is 0.0259. The van der Waals surface area contributed by atoms with Crippen LogP contribution in [0.2, 0.25) is 0 Å². The molecule has 9 heteroatoms. The average molecular weight is 455 g/mol. The van der Waals surface area contributed by atoms with E-state index in [0.717, 1.165) is 77.9 Å². The van der Waals surface area contributed by atoms with Crippen molar-refractivity contribution in [3.8, 4) is 11.3 Å². The number of nitrogen functional groups attached to an aromatic ring is 1. The van der Waals surface area contributed by atoms with Crippen molar-refractivity contribution in [2.75, 3.05) is 24.2 Å². The third kappa shape index (κ3) is 3.73. The topological polar surface area (TPSA) is 120 Å². The fourth-order valence-electron chi connectivity index (χ4n) is 4.68. The van der Waals surface area contributed by atoms with Gasteiger partial charge in [-0.25, -0.2) is 14.6 Å². The fourth-order valence-corrected chi connectivity index (χ4v) is 4.68. The maximum Gasteiger partial charge on any atom is 0.152 e. The Bertz CT molecular complexity index is 1440. The lowest BCUT2D eigenvalue weighted by Gasteiger charge is -2.24. The third-order valence-corrected chi connectivity index (χ3v) is 6.33. The maximum absolute atomic E-state index is 6.31. The number of fused-ring (bicyclic) bond motifs is 3. The Morgan fingerprint density at radius 1 is 1.15 bits per heavy atom. The van der Waals surface area contributed by atoms with Gasteiger partial charge in [-0.05, 0) is 43.5 Å². The number of pyridine rings is 2. The molecule has 0 radical (unpaired) electrons. The molecule has 1 fully saturated rings. The number of anilines is 2. The fraction of sp³-hybridized carbons (Fsp3) is 0.280. The molecular formula is C25H26N8O. The lowest BCUT2D eigenvalue weighted by atomic mass is 10.0. The first-order valence-corrected chi connectivity index (χ1v) is 11.6. The van der Waals surface area contributed by atoms with Gasteiger partial charge in [0.1, 0.15) is 11.3 Å². The summed E-state index contributed by atoms with van der Waals surface area (Å²) >= 11 is 0. The second kappa shape index (κ2) is 8.75. The Morgan fingerprint density at radius 3 is 2.97 bits per heavy atom. The first-order chi connectivity index (χ1) is 16.8. The Labute approximate surface area is 196 Å². The number of nitrogens with zero attached hydrogens (tertiary/aromatic N) is 5. The van der Waals surface area contributed by atoms with Crippen molar-refractivity contribution >= 4 is 33.4 Å². The molecule has 5 aromatic rings. The molecule has 1 aromatic carbocycles. The van der Waals surface area contributed by atoms with Crippen LogP contribution >= 0.6 is 0 Å². The van der Waals surface area contributed by atoms with E-state index in [1.807, 2.05) is 35.1 Å². The third-order valence-electron chi connectivity index (χ3n) is 6.33. The van der Waals surface area contributed by atoms with Crippen LogP contribution in [-0.2, 0) is 11.2 Å². The molecule has 0 spiro atoms. The van der Waals surface area contributed by atoms with E-state index in [2.05, 4.69) is 48.8 Å². The van der Waals surface area contributed by atoms with Crippen LogP contribution in [-0.4, -0.2) is 43.1 Å². The smallest absolute Gasteiger partial charge is 0.152 e. The molecular weight excluding hydrogens is 428 g/mol. The quantitative estimate of drug-likeness (QED) is 0.350. The lowest BCUT2D eigenvalue weighted by Crippen LogP contribution is -2.19. The number of hydrogen-bond acceptors (Lipinski definition) is 7. The molecule has 1 aliphatic rings. The van der Waals surface area contributed by atoms with Crippen LogP contribution < -0.4 is 11.1 Å². The summed E-state index contributed by atoms with van der Waals surface area (Å²) in [5, 5.41) is 17.6. The monoisotopic (exact) mass is 454 g/mol. The van der Waals surface area contributed by atoms with Gasteiger partial charge in [-0.1, -0.05) is 18.2 Å². The highest BCUT2D eigenvalue weighted by Gasteiger charge is 2.20. The summed E-state index contributed by atoms with van der Waals surface area (Å²) in [7, 11) is 0. The number of ether oxygens (including phenoxy) is 1. The maximum atomic E-state index is 6.31.